The Labute approximate surface area is 132 Å². The van der Waals surface area contributed by atoms with Crippen LogP contribution in [0.4, 0.5) is 5.69 Å². The lowest BCUT2D eigenvalue weighted by Crippen LogP contribution is -2.41. The molecule has 0 aliphatic heterocycles. The normalized spacial score (nSPS) is 21.9. The van der Waals surface area contributed by atoms with Crippen LogP contribution in [0.1, 0.15) is 43.0 Å². The SMILES string of the molecule is CC1CCCCC1NC(=O)c1cc(Cl)c(Cl)c([N+](=O)[O-])c1. The number of halogens is 2. The molecule has 0 bridgehead atoms. The molecule has 0 heterocycles. The molecule has 1 amide bonds. The lowest BCUT2D eigenvalue weighted by atomic mass is 9.86. The van der Waals surface area contributed by atoms with Crippen LogP contribution in [-0.2, 0) is 0 Å². The summed E-state index contributed by atoms with van der Waals surface area (Å²) in [5.41, 5.74) is -0.195. The number of hydrogen-bond acceptors (Lipinski definition) is 3. The van der Waals surface area contributed by atoms with Crippen LogP contribution in [0.2, 0.25) is 10.0 Å². The number of rotatable bonds is 3. The van der Waals surface area contributed by atoms with Crippen molar-refractivity contribution < 1.29 is 9.72 Å². The van der Waals surface area contributed by atoms with Gasteiger partial charge in [0, 0.05) is 17.7 Å². The van der Waals surface area contributed by atoms with Crippen molar-refractivity contribution in [3.63, 3.8) is 0 Å². The molecule has 0 aromatic heterocycles. The average molecular weight is 331 g/mol. The van der Waals surface area contributed by atoms with Gasteiger partial charge in [0.1, 0.15) is 5.02 Å². The molecule has 0 spiro atoms. The van der Waals surface area contributed by atoms with Crippen LogP contribution in [0.5, 0.6) is 0 Å². The quantitative estimate of drug-likeness (QED) is 0.666. The summed E-state index contributed by atoms with van der Waals surface area (Å²) in [6.45, 7) is 2.10. The number of nitro groups is 1. The predicted octanol–water partition coefficient (Wildman–Crippen LogP) is 4.21. The van der Waals surface area contributed by atoms with E-state index in [1.54, 1.807) is 0 Å². The largest absolute Gasteiger partial charge is 0.349 e. The molecule has 1 saturated carbocycles. The highest BCUT2D eigenvalue weighted by Crippen LogP contribution is 2.33. The van der Waals surface area contributed by atoms with E-state index in [2.05, 4.69) is 12.2 Å². The smallest absolute Gasteiger partial charge is 0.290 e. The van der Waals surface area contributed by atoms with E-state index >= 15 is 0 Å². The Hall–Kier alpha value is -1.33. The van der Waals surface area contributed by atoms with Crippen LogP contribution in [-0.4, -0.2) is 16.9 Å². The molecule has 1 aliphatic carbocycles. The Bertz CT molecular complexity index is 578. The second-order valence-corrected chi connectivity index (χ2v) is 6.18. The zero-order valence-corrected chi connectivity index (χ0v) is 13.1. The maximum atomic E-state index is 12.3. The number of nitrogens with zero attached hydrogens (tertiary/aromatic N) is 1. The van der Waals surface area contributed by atoms with E-state index in [9.17, 15) is 14.9 Å². The fourth-order valence-electron chi connectivity index (χ4n) is 2.62. The molecule has 1 N–H and O–H groups in total. The zero-order valence-electron chi connectivity index (χ0n) is 11.6. The van der Waals surface area contributed by atoms with Gasteiger partial charge in [-0.05, 0) is 24.8 Å². The standard InChI is InChI=1S/C14H16Cl2N2O3/c1-8-4-2-3-5-11(8)17-14(19)9-6-10(15)13(16)12(7-9)18(20)21/h6-8,11H,2-5H2,1H3,(H,17,19). The Morgan fingerprint density at radius 3 is 2.62 bits per heavy atom. The van der Waals surface area contributed by atoms with Crippen LogP contribution < -0.4 is 5.32 Å². The first-order valence-corrected chi connectivity index (χ1v) is 7.60. The van der Waals surface area contributed by atoms with Crippen LogP contribution in [0.15, 0.2) is 12.1 Å². The summed E-state index contributed by atoms with van der Waals surface area (Å²) in [5, 5.41) is 13.7. The number of nitrogens with one attached hydrogen (secondary N) is 1. The number of carbonyl (C=O) groups is 1. The van der Waals surface area contributed by atoms with E-state index in [0.29, 0.717) is 5.92 Å². The van der Waals surface area contributed by atoms with Gasteiger partial charge >= 0.3 is 0 Å². The number of nitro benzene ring substituents is 1. The number of benzene rings is 1. The van der Waals surface area contributed by atoms with E-state index in [0.717, 1.165) is 25.3 Å². The molecule has 7 heteroatoms. The van der Waals surface area contributed by atoms with E-state index < -0.39 is 4.92 Å². The Morgan fingerprint density at radius 1 is 1.33 bits per heavy atom. The van der Waals surface area contributed by atoms with Gasteiger partial charge in [0.15, 0.2) is 0 Å². The first kappa shape index (κ1) is 16.0. The molecule has 1 aliphatic rings. The number of amides is 1. The molecule has 0 saturated heterocycles. The van der Waals surface area contributed by atoms with Gasteiger partial charge in [-0.2, -0.15) is 0 Å². The fraction of sp³-hybridized carbons (Fsp3) is 0.500. The molecule has 2 unspecified atom stereocenters. The Kier molecular flexibility index (Phi) is 5.06. The van der Waals surface area contributed by atoms with Gasteiger partial charge in [-0.3, -0.25) is 14.9 Å². The van der Waals surface area contributed by atoms with Crippen LogP contribution in [0, 0.1) is 16.0 Å². The van der Waals surface area contributed by atoms with Crippen molar-refractivity contribution in [1.29, 1.82) is 0 Å². The lowest BCUT2D eigenvalue weighted by molar-refractivity contribution is -0.384. The molecule has 0 radical (unpaired) electrons. The van der Waals surface area contributed by atoms with Crippen LogP contribution in [0.25, 0.3) is 0 Å². The van der Waals surface area contributed by atoms with Crippen molar-refractivity contribution in [3.05, 3.63) is 37.9 Å². The first-order valence-electron chi connectivity index (χ1n) is 6.84. The third-order valence-corrected chi connectivity index (χ3v) is 4.69. The van der Waals surface area contributed by atoms with E-state index in [1.807, 2.05) is 0 Å². The summed E-state index contributed by atoms with van der Waals surface area (Å²) in [5.74, 6) is 0.0517. The van der Waals surface area contributed by atoms with E-state index in [4.69, 9.17) is 23.2 Å². The minimum Gasteiger partial charge on any atom is -0.349 e. The molecule has 2 atom stereocenters. The average Bonchev–Trinajstić information content (AvgIpc) is 2.43. The Morgan fingerprint density at radius 2 is 2.00 bits per heavy atom. The van der Waals surface area contributed by atoms with E-state index in [-0.39, 0.29) is 33.2 Å². The third-order valence-electron chi connectivity index (χ3n) is 3.90. The highest BCUT2D eigenvalue weighted by molar-refractivity contribution is 6.43. The van der Waals surface area contributed by atoms with Crippen LogP contribution in [0.3, 0.4) is 0 Å². The molecule has 5 nitrogen and oxygen atoms in total. The van der Waals surface area contributed by atoms with Gasteiger partial charge in [0.25, 0.3) is 11.6 Å². The molecule has 1 aromatic carbocycles. The fourth-order valence-corrected chi connectivity index (χ4v) is 3.01. The Balaban J connectivity index is 2.21. The van der Waals surface area contributed by atoms with Gasteiger partial charge in [-0.15, -0.1) is 0 Å². The summed E-state index contributed by atoms with van der Waals surface area (Å²) in [6.07, 6.45) is 4.26. The summed E-state index contributed by atoms with van der Waals surface area (Å²) >= 11 is 11.6. The van der Waals surface area contributed by atoms with Gasteiger partial charge in [-0.25, -0.2) is 0 Å². The van der Waals surface area contributed by atoms with Gasteiger partial charge < -0.3 is 5.32 Å². The molecular weight excluding hydrogens is 315 g/mol. The second kappa shape index (κ2) is 6.62. The monoisotopic (exact) mass is 330 g/mol. The number of carbonyl (C=O) groups excluding carboxylic acids is 1. The van der Waals surface area contributed by atoms with Crippen molar-refractivity contribution in [2.24, 2.45) is 5.92 Å². The summed E-state index contributed by atoms with van der Waals surface area (Å²) in [4.78, 5) is 22.5. The molecule has 2 rings (SSSR count). The summed E-state index contributed by atoms with van der Waals surface area (Å²) in [6, 6.07) is 2.62. The summed E-state index contributed by atoms with van der Waals surface area (Å²) < 4.78 is 0. The van der Waals surface area contributed by atoms with Gasteiger partial charge in [-0.1, -0.05) is 43.0 Å². The minimum atomic E-state index is -0.645. The predicted molar refractivity (Wildman–Crippen MR) is 82.0 cm³/mol. The van der Waals surface area contributed by atoms with Crippen LogP contribution >= 0.6 is 23.2 Å². The molecule has 1 aromatic rings. The molecule has 114 valence electrons. The molecule has 1 fully saturated rings. The molecular formula is C14H16Cl2N2O3. The van der Waals surface area contributed by atoms with Crippen molar-refractivity contribution in [2.45, 2.75) is 38.6 Å². The number of hydrogen-bond donors (Lipinski definition) is 1. The second-order valence-electron chi connectivity index (χ2n) is 5.39. The van der Waals surface area contributed by atoms with Crippen molar-refractivity contribution >= 4 is 34.8 Å². The maximum Gasteiger partial charge on any atom is 0.290 e. The third kappa shape index (κ3) is 3.66. The van der Waals surface area contributed by atoms with Crippen molar-refractivity contribution in [3.8, 4) is 0 Å². The maximum absolute atomic E-state index is 12.3. The van der Waals surface area contributed by atoms with Gasteiger partial charge in [0.2, 0.25) is 0 Å². The lowest BCUT2D eigenvalue weighted by Gasteiger charge is -2.29. The van der Waals surface area contributed by atoms with Crippen molar-refractivity contribution in [1.82, 2.24) is 5.32 Å². The van der Waals surface area contributed by atoms with Gasteiger partial charge in [0.05, 0.1) is 9.95 Å². The first-order chi connectivity index (χ1) is 9.90. The highest BCUT2D eigenvalue weighted by Gasteiger charge is 2.25. The molecule has 21 heavy (non-hydrogen) atoms. The highest BCUT2D eigenvalue weighted by atomic mass is 35.5. The minimum absolute atomic E-state index is 0.00714. The topological polar surface area (TPSA) is 72.2 Å². The van der Waals surface area contributed by atoms with Crippen molar-refractivity contribution in [2.75, 3.05) is 0 Å². The zero-order chi connectivity index (χ0) is 15.6. The van der Waals surface area contributed by atoms with E-state index in [1.165, 1.54) is 12.5 Å². The summed E-state index contributed by atoms with van der Waals surface area (Å²) in [7, 11) is 0.